The number of hydrogen-bond acceptors (Lipinski definition) is 4. The average Bonchev–Trinajstić information content (AvgIpc) is 3.22. The molecule has 0 saturated heterocycles. The molecule has 7 heteroatoms. The van der Waals surface area contributed by atoms with Gasteiger partial charge in [-0.3, -0.25) is 0 Å². The summed E-state index contributed by atoms with van der Waals surface area (Å²) >= 11 is 0. The first-order chi connectivity index (χ1) is 9.96. The average molecular weight is 312 g/mol. The van der Waals surface area contributed by atoms with E-state index in [1.54, 1.807) is 0 Å². The molecule has 0 amide bonds. The van der Waals surface area contributed by atoms with Gasteiger partial charge in [0.2, 0.25) is 10.0 Å². The fourth-order valence-electron chi connectivity index (χ4n) is 1.92. The Morgan fingerprint density at radius 3 is 2.43 bits per heavy atom. The van der Waals surface area contributed by atoms with E-state index in [2.05, 4.69) is 10.0 Å². The molecule has 116 valence electrons. The van der Waals surface area contributed by atoms with Crippen LogP contribution in [0.4, 0.5) is 0 Å². The van der Waals surface area contributed by atoms with E-state index >= 15 is 0 Å². The Kier molecular flexibility index (Phi) is 5.33. The van der Waals surface area contributed by atoms with Gasteiger partial charge >= 0.3 is 5.97 Å². The summed E-state index contributed by atoms with van der Waals surface area (Å²) in [5, 5.41) is 12.1. The van der Waals surface area contributed by atoms with Gasteiger partial charge in [0.15, 0.2) is 0 Å². The molecule has 2 rings (SSSR count). The maximum Gasteiger partial charge on any atom is 0.335 e. The SMILES string of the molecule is O=C(O)c1ccc(CS(=O)(=O)NCCCNC2CC2)cc1. The van der Waals surface area contributed by atoms with Crippen LogP contribution in [0.3, 0.4) is 0 Å². The molecule has 0 aromatic heterocycles. The molecule has 3 N–H and O–H groups in total. The van der Waals surface area contributed by atoms with E-state index in [9.17, 15) is 13.2 Å². The van der Waals surface area contributed by atoms with Crippen LogP contribution in [0.25, 0.3) is 0 Å². The van der Waals surface area contributed by atoms with Crippen molar-refractivity contribution in [2.24, 2.45) is 0 Å². The fourth-order valence-corrected chi connectivity index (χ4v) is 3.11. The number of benzene rings is 1. The van der Waals surface area contributed by atoms with Crippen LogP contribution in [0.1, 0.15) is 35.2 Å². The minimum absolute atomic E-state index is 0.136. The number of carbonyl (C=O) groups is 1. The van der Waals surface area contributed by atoms with E-state index in [1.165, 1.54) is 37.1 Å². The molecule has 0 unspecified atom stereocenters. The van der Waals surface area contributed by atoms with Gasteiger partial charge in [0.1, 0.15) is 0 Å². The topological polar surface area (TPSA) is 95.5 Å². The smallest absolute Gasteiger partial charge is 0.335 e. The van der Waals surface area contributed by atoms with E-state index in [1.807, 2.05) is 0 Å². The van der Waals surface area contributed by atoms with Crippen molar-refractivity contribution < 1.29 is 18.3 Å². The molecule has 1 aromatic rings. The first kappa shape index (κ1) is 15.9. The fraction of sp³-hybridized carbons (Fsp3) is 0.500. The first-order valence-electron chi connectivity index (χ1n) is 6.99. The quantitative estimate of drug-likeness (QED) is 0.590. The van der Waals surface area contributed by atoms with Crippen molar-refractivity contribution in [1.29, 1.82) is 0 Å². The van der Waals surface area contributed by atoms with E-state index in [0.717, 1.165) is 13.0 Å². The maximum absolute atomic E-state index is 11.9. The van der Waals surface area contributed by atoms with E-state index in [4.69, 9.17) is 5.11 Å². The number of sulfonamides is 1. The molecule has 0 heterocycles. The highest BCUT2D eigenvalue weighted by molar-refractivity contribution is 7.88. The second-order valence-corrected chi connectivity index (χ2v) is 7.04. The summed E-state index contributed by atoms with van der Waals surface area (Å²) in [6.07, 6.45) is 3.20. The van der Waals surface area contributed by atoms with Gasteiger partial charge in [-0.05, 0) is 43.5 Å². The van der Waals surface area contributed by atoms with Crippen LogP contribution in [-0.4, -0.2) is 38.6 Å². The number of carboxylic acids is 1. The lowest BCUT2D eigenvalue weighted by atomic mass is 10.1. The van der Waals surface area contributed by atoms with Gasteiger partial charge in [-0.15, -0.1) is 0 Å². The summed E-state index contributed by atoms with van der Waals surface area (Å²) in [5.74, 6) is -1.16. The Morgan fingerprint density at radius 2 is 1.86 bits per heavy atom. The Labute approximate surface area is 124 Å². The zero-order valence-electron chi connectivity index (χ0n) is 11.7. The lowest BCUT2D eigenvalue weighted by molar-refractivity contribution is 0.0697. The van der Waals surface area contributed by atoms with Crippen molar-refractivity contribution in [1.82, 2.24) is 10.0 Å². The summed E-state index contributed by atoms with van der Waals surface area (Å²) in [6, 6.07) is 6.50. The Hall–Kier alpha value is -1.44. The van der Waals surface area contributed by atoms with Gasteiger partial charge in [0.05, 0.1) is 11.3 Å². The second-order valence-electron chi connectivity index (χ2n) is 5.24. The summed E-state index contributed by atoms with van der Waals surface area (Å²) < 4.78 is 26.3. The molecule has 1 aliphatic rings. The minimum atomic E-state index is -3.38. The molecule has 0 aliphatic heterocycles. The van der Waals surface area contributed by atoms with Crippen LogP contribution in [0.5, 0.6) is 0 Å². The lowest BCUT2D eigenvalue weighted by Gasteiger charge is -2.07. The molecule has 1 fully saturated rings. The van der Waals surface area contributed by atoms with E-state index < -0.39 is 16.0 Å². The van der Waals surface area contributed by atoms with Gasteiger partial charge in [-0.25, -0.2) is 17.9 Å². The summed E-state index contributed by atoms with van der Waals surface area (Å²) in [7, 11) is -3.38. The van der Waals surface area contributed by atoms with E-state index in [-0.39, 0.29) is 11.3 Å². The van der Waals surface area contributed by atoms with Gasteiger partial charge < -0.3 is 10.4 Å². The van der Waals surface area contributed by atoms with Crippen molar-refractivity contribution in [2.75, 3.05) is 13.1 Å². The number of aromatic carboxylic acids is 1. The number of carboxylic acid groups (broad SMARTS) is 1. The highest BCUT2D eigenvalue weighted by Gasteiger charge is 2.19. The third-order valence-electron chi connectivity index (χ3n) is 3.24. The molecule has 1 saturated carbocycles. The van der Waals surface area contributed by atoms with Crippen LogP contribution in [-0.2, 0) is 15.8 Å². The number of rotatable bonds is 9. The molecule has 6 nitrogen and oxygen atoms in total. The largest absolute Gasteiger partial charge is 0.478 e. The highest BCUT2D eigenvalue weighted by atomic mass is 32.2. The zero-order chi connectivity index (χ0) is 15.3. The molecule has 0 atom stereocenters. The zero-order valence-corrected chi connectivity index (χ0v) is 12.5. The Balaban J connectivity index is 1.75. The normalized spacial score (nSPS) is 15.0. The standard InChI is InChI=1S/C14H20N2O4S/c17-14(18)12-4-2-11(3-5-12)10-21(19,20)16-9-1-8-15-13-6-7-13/h2-5,13,15-16H,1,6-10H2,(H,17,18). The summed E-state index contributed by atoms with van der Waals surface area (Å²) in [5.41, 5.74) is 0.721. The highest BCUT2D eigenvalue weighted by Crippen LogP contribution is 2.18. The van der Waals surface area contributed by atoms with Gasteiger partial charge in [0.25, 0.3) is 0 Å². The Bertz CT molecular complexity index is 579. The first-order valence-corrected chi connectivity index (χ1v) is 8.64. The second kappa shape index (κ2) is 7.02. The van der Waals surface area contributed by atoms with Crippen LogP contribution in [0.2, 0.25) is 0 Å². The van der Waals surface area contributed by atoms with E-state index in [0.29, 0.717) is 18.2 Å². The maximum atomic E-state index is 11.9. The summed E-state index contributed by atoms with van der Waals surface area (Å²) in [4.78, 5) is 10.7. The van der Waals surface area contributed by atoms with Crippen molar-refractivity contribution in [3.8, 4) is 0 Å². The van der Waals surface area contributed by atoms with Crippen LogP contribution < -0.4 is 10.0 Å². The van der Waals surface area contributed by atoms with Crippen molar-refractivity contribution >= 4 is 16.0 Å². The van der Waals surface area contributed by atoms with Crippen LogP contribution in [0, 0.1) is 0 Å². The van der Waals surface area contributed by atoms with Crippen LogP contribution in [0.15, 0.2) is 24.3 Å². The Morgan fingerprint density at radius 1 is 1.19 bits per heavy atom. The van der Waals surface area contributed by atoms with Crippen molar-refractivity contribution in [3.05, 3.63) is 35.4 Å². The molecule has 21 heavy (non-hydrogen) atoms. The predicted molar refractivity (Wildman–Crippen MR) is 79.7 cm³/mol. The van der Waals surface area contributed by atoms with Gasteiger partial charge in [-0.1, -0.05) is 12.1 Å². The predicted octanol–water partition coefficient (Wildman–Crippen LogP) is 0.946. The summed E-state index contributed by atoms with van der Waals surface area (Å²) in [6.45, 7) is 1.23. The molecule has 0 bridgehead atoms. The van der Waals surface area contributed by atoms with Gasteiger partial charge in [0, 0.05) is 12.6 Å². The minimum Gasteiger partial charge on any atom is -0.478 e. The monoisotopic (exact) mass is 312 g/mol. The third-order valence-corrected chi connectivity index (χ3v) is 4.60. The molecule has 0 spiro atoms. The molecular weight excluding hydrogens is 292 g/mol. The molecular formula is C14H20N2O4S. The molecule has 1 aliphatic carbocycles. The molecule has 0 radical (unpaired) electrons. The number of hydrogen-bond donors (Lipinski definition) is 3. The van der Waals surface area contributed by atoms with Gasteiger partial charge in [-0.2, -0.15) is 0 Å². The van der Waals surface area contributed by atoms with Crippen LogP contribution >= 0.6 is 0 Å². The van der Waals surface area contributed by atoms with Crippen molar-refractivity contribution in [3.63, 3.8) is 0 Å². The lowest BCUT2D eigenvalue weighted by Crippen LogP contribution is -2.29. The van der Waals surface area contributed by atoms with Crippen molar-refractivity contribution in [2.45, 2.75) is 31.1 Å². The number of nitrogens with one attached hydrogen (secondary N) is 2. The third kappa shape index (κ3) is 5.82. The molecule has 1 aromatic carbocycles.